The first-order chi connectivity index (χ1) is 16.5. The second kappa shape index (κ2) is 8.98. The SMILES string of the molecule is CCc1cccc(N2CCO[C@H](C(N)=O)C2)c1C1=CCN(c2ccc3cn[nH]c3c2)C(N)N1N. The van der Waals surface area contributed by atoms with E-state index < -0.39 is 18.3 Å². The molecule has 1 amide bonds. The minimum absolute atomic E-state index is 0.399. The maximum Gasteiger partial charge on any atom is 0.248 e. The Morgan fingerprint density at radius 1 is 1.29 bits per heavy atom. The first-order valence-corrected chi connectivity index (χ1v) is 11.5. The van der Waals surface area contributed by atoms with Crippen molar-refractivity contribution in [1.29, 1.82) is 0 Å². The zero-order chi connectivity index (χ0) is 23.8. The van der Waals surface area contributed by atoms with E-state index in [4.69, 9.17) is 22.0 Å². The lowest BCUT2D eigenvalue weighted by molar-refractivity contribution is -0.130. The number of primary amides is 1. The molecule has 0 aliphatic carbocycles. The molecule has 178 valence electrons. The number of benzene rings is 2. The predicted octanol–water partition coefficient (Wildman–Crippen LogP) is 1.09. The van der Waals surface area contributed by atoms with Gasteiger partial charge in [0.2, 0.25) is 5.91 Å². The highest BCUT2D eigenvalue weighted by Crippen LogP contribution is 2.36. The number of aromatic amines is 1. The maximum atomic E-state index is 11.8. The molecule has 3 heterocycles. The molecular weight excluding hydrogens is 432 g/mol. The van der Waals surface area contributed by atoms with Crippen LogP contribution >= 0.6 is 0 Å². The molecule has 2 aliphatic heterocycles. The van der Waals surface area contributed by atoms with Gasteiger partial charge in [0.1, 0.15) is 0 Å². The smallest absolute Gasteiger partial charge is 0.248 e. The minimum Gasteiger partial charge on any atom is -0.367 e. The number of ether oxygens (including phenoxy) is 1. The number of aromatic nitrogens is 2. The summed E-state index contributed by atoms with van der Waals surface area (Å²) in [5, 5.41) is 9.76. The number of carbonyl (C=O) groups is 1. The Morgan fingerprint density at radius 2 is 2.15 bits per heavy atom. The summed E-state index contributed by atoms with van der Waals surface area (Å²) in [6.07, 6.45) is 3.51. The molecule has 1 unspecified atom stereocenters. The highest BCUT2D eigenvalue weighted by atomic mass is 16.5. The fourth-order valence-electron chi connectivity index (χ4n) is 4.76. The van der Waals surface area contributed by atoms with Crippen molar-refractivity contribution in [2.75, 3.05) is 36.0 Å². The number of aryl methyl sites for hydroxylation is 1. The van der Waals surface area contributed by atoms with Crippen molar-refractivity contribution in [2.45, 2.75) is 25.7 Å². The molecule has 34 heavy (non-hydrogen) atoms. The number of hydrogen-bond donors (Lipinski definition) is 4. The number of hydrazine groups is 1. The maximum absolute atomic E-state index is 11.8. The Bertz CT molecular complexity index is 1240. The van der Waals surface area contributed by atoms with Gasteiger partial charge in [-0.15, -0.1) is 0 Å². The number of nitrogens with zero attached hydrogens (tertiary/aromatic N) is 4. The number of carbonyl (C=O) groups excluding carboxylic acids is 1. The number of morpholine rings is 1. The number of amides is 1. The molecule has 0 spiro atoms. The molecule has 1 saturated heterocycles. The fraction of sp³-hybridized carbons (Fsp3) is 0.333. The van der Waals surface area contributed by atoms with Gasteiger partial charge in [-0.1, -0.05) is 19.1 Å². The van der Waals surface area contributed by atoms with Crippen LogP contribution in [0.15, 0.2) is 48.7 Å². The normalized spacial score (nSPS) is 21.1. The summed E-state index contributed by atoms with van der Waals surface area (Å²) in [6, 6.07) is 12.2. The minimum atomic E-state index is -0.642. The van der Waals surface area contributed by atoms with Gasteiger partial charge in [0, 0.05) is 35.4 Å². The van der Waals surface area contributed by atoms with Crippen LogP contribution < -0.4 is 27.1 Å². The van der Waals surface area contributed by atoms with Crippen LogP contribution in [0.2, 0.25) is 0 Å². The lowest BCUT2D eigenvalue weighted by Gasteiger charge is -2.43. The van der Waals surface area contributed by atoms with Crippen LogP contribution in [0.4, 0.5) is 11.4 Å². The standard InChI is InChI=1S/C24H30N8O2/c1-2-15-4-3-5-19(30-10-11-34-21(14-30)23(25)33)22(15)20-8-9-31(24(26)32(20)27)17-7-6-16-13-28-29-18(16)12-17/h3-8,12-13,21,24H,2,9-11,14,26-27H2,1H3,(H2,25,33)(H,28,29)/t21-,24?/m0/s1. The van der Waals surface area contributed by atoms with Gasteiger partial charge in [-0.3, -0.25) is 20.6 Å². The summed E-state index contributed by atoms with van der Waals surface area (Å²) in [7, 11) is 0. The Hall–Kier alpha value is -3.60. The van der Waals surface area contributed by atoms with Crippen LogP contribution in [0.25, 0.3) is 16.6 Å². The number of nitrogens with one attached hydrogen (secondary N) is 1. The number of H-pyrrole nitrogens is 1. The molecule has 0 saturated carbocycles. The molecule has 2 aliphatic rings. The Balaban J connectivity index is 1.51. The zero-order valence-electron chi connectivity index (χ0n) is 19.1. The predicted molar refractivity (Wildman–Crippen MR) is 132 cm³/mol. The van der Waals surface area contributed by atoms with Crippen molar-refractivity contribution in [3.63, 3.8) is 0 Å². The molecule has 2 aromatic carbocycles. The van der Waals surface area contributed by atoms with Crippen molar-refractivity contribution >= 4 is 33.9 Å². The number of nitrogens with two attached hydrogens (primary N) is 3. The molecule has 10 nitrogen and oxygen atoms in total. The topological polar surface area (TPSA) is 143 Å². The molecule has 7 N–H and O–H groups in total. The van der Waals surface area contributed by atoms with E-state index >= 15 is 0 Å². The van der Waals surface area contributed by atoms with Crippen LogP contribution in [0.3, 0.4) is 0 Å². The molecule has 0 radical (unpaired) electrons. The van der Waals surface area contributed by atoms with E-state index in [2.05, 4.69) is 40.2 Å². The van der Waals surface area contributed by atoms with Crippen molar-refractivity contribution in [2.24, 2.45) is 17.3 Å². The second-order valence-corrected chi connectivity index (χ2v) is 8.58. The average Bonchev–Trinajstić information content (AvgIpc) is 3.33. The molecule has 1 aromatic heterocycles. The van der Waals surface area contributed by atoms with Gasteiger partial charge < -0.3 is 20.3 Å². The van der Waals surface area contributed by atoms with Crippen molar-refractivity contribution in [3.05, 3.63) is 59.8 Å². The third-order valence-corrected chi connectivity index (χ3v) is 6.61. The van der Waals surface area contributed by atoms with E-state index in [1.807, 2.05) is 29.2 Å². The Morgan fingerprint density at radius 3 is 2.94 bits per heavy atom. The van der Waals surface area contributed by atoms with Crippen molar-refractivity contribution in [3.8, 4) is 0 Å². The van der Waals surface area contributed by atoms with E-state index in [0.29, 0.717) is 26.2 Å². The monoisotopic (exact) mass is 462 g/mol. The van der Waals surface area contributed by atoms with Crippen LogP contribution in [0.1, 0.15) is 18.1 Å². The summed E-state index contributed by atoms with van der Waals surface area (Å²) in [4.78, 5) is 16.0. The van der Waals surface area contributed by atoms with Gasteiger partial charge in [0.25, 0.3) is 0 Å². The molecule has 3 aromatic rings. The summed E-state index contributed by atoms with van der Waals surface area (Å²) in [6.45, 7) is 4.19. The van der Waals surface area contributed by atoms with Gasteiger partial charge in [-0.25, -0.2) is 5.84 Å². The van der Waals surface area contributed by atoms with Crippen LogP contribution in [-0.2, 0) is 16.0 Å². The number of fused-ring (bicyclic) bond motifs is 1. The molecule has 10 heteroatoms. The molecule has 5 rings (SSSR count). The highest BCUT2D eigenvalue weighted by Gasteiger charge is 2.32. The molecular formula is C24H30N8O2. The van der Waals surface area contributed by atoms with Crippen molar-refractivity contribution < 1.29 is 9.53 Å². The summed E-state index contributed by atoms with van der Waals surface area (Å²) in [5.74, 6) is 6.18. The van der Waals surface area contributed by atoms with Gasteiger partial charge in [-0.05, 0) is 42.3 Å². The lowest BCUT2D eigenvalue weighted by Crippen LogP contribution is -2.59. The van der Waals surface area contributed by atoms with Gasteiger partial charge >= 0.3 is 0 Å². The van der Waals surface area contributed by atoms with Crippen LogP contribution in [-0.4, -0.2) is 59.7 Å². The summed E-state index contributed by atoms with van der Waals surface area (Å²) >= 11 is 0. The Labute approximate surface area is 197 Å². The van der Waals surface area contributed by atoms with E-state index in [-0.39, 0.29) is 0 Å². The molecule has 1 fully saturated rings. The van der Waals surface area contributed by atoms with E-state index in [9.17, 15) is 4.79 Å². The van der Waals surface area contributed by atoms with Crippen LogP contribution in [0, 0.1) is 0 Å². The quantitative estimate of drug-likeness (QED) is 0.413. The highest BCUT2D eigenvalue weighted by molar-refractivity contribution is 5.84. The van der Waals surface area contributed by atoms with Gasteiger partial charge in [0.15, 0.2) is 12.4 Å². The average molecular weight is 463 g/mol. The largest absolute Gasteiger partial charge is 0.367 e. The first kappa shape index (κ1) is 22.2. The summed E-state index contributed by atoms with van der Waals surface area (Å²) in [5.41, 5.74) is 18.1. The Kier molecular flexibility index (Phi) is 5.86. The van der Waals surface area contributed by atoms with Crippen molar-refractivity contribution in [1.82, 2.24) is 15.2 Å². The third kappa shape index (κ3) is 3.85. The van der Waals surface area contributed by atoms with E-state index in [0.717, 1.165) is 45.5 Å². The lowest BCUT2D eigenvalue weighted by atomic mass is 9.97. The van der Waals surface area contributed by atoms with E-state index in [1.165, 1.54) is 0 Å². The summed E-state index contributed by atoms with van der Waals surface area (Å²) < 4.78 is 5.56. The molecule has 2 atom stereocenters. The third-order valence-electron chi connectivity index (χ3n) is 6.61. The first-order valence-electron chi connectivity index (χ1n) is 11.5. The second-order valence-electron chi connectivity index (χ2n) is 8.58. The van der Waals surface area contributed by atoms with Crippen LogP contribution in [0.5, 0.6) is 0 Å². The van der Waals surface area contributed by atoms with E-state index in [1.54, 1.807) is 11.2 Å². The molecule has 0 bridgehead atoms. The van der Waals surface area contributed by atoms with Gasteiger partial charge in [0.05, 0.1) is 30.6 Å². The fourth-order valence-corrected chi connectivity index (χ4v) is 4.76. The van der Waals surface area contributed by atoms with Gasteiger partial charge in [-0.2, -0.15) is 5.10 Å². The zero-order valence-corrected chi connectivity index (χ0v) is 19.1. The number of rotatable bonds is 5. The number of hydrogen-bond acceptors (Lipinski definition) is 8. The number of anilines is 2.